The minimum Gasteiger partial charge on any atom is -0.313 e. The van der Waals surface area contributed by atoms with Crippen LogP contribution in [0, 0.1) is 0 Å². The van der Waals surface area contributed by atoms with Crippen LogP contribution in [0.3, 0.4) is 0 Å². The van der Waals surface area contributed by atoms with Gasteiger partial charge in [0.1, 0.15) is 0 Å². The molecule has 0 spiro atoms. The van der Waals surface area contributed by atoms with E-state index in [4.69, 9.17) is 16.6 Å². The lowest BCUT2D eigenvalue weighted by Gasteiger charge is -2.14. The van der Waals surface area contributed by atoms with Crippen LogP contribution in [0.2, 0.25) is 5.02 Å². The van der Waals surface area contributed by atoms with Gasteiger partial charge in [0.25, 0.3) is 0 Å². The van der Waals surface area contributed by atoms with E-state index in [1.165, 1.54) is 11.3 Å². The van der Waals surface area contributed by atoms with Crippen LogP contribution in [-0.2, 0) is 18.4 Å². The molecule has 4 heteroatoms. The lowest BCUT2D eigenvalue weighted by atomic mass is 9.93. The van der Waals surface area contributed by atoms with E-state index in [0.29, 0.717) is 0 Å². The van der Waals surface area contributed by atoms with E-state index in [1.807, 2.05) is 6.07 Å². The second-order valence-corrected chi connectivity index (χ2v) is 7.61. The van der Waals surface area contributed by atoms with Gasteiger partial charge in [-0.2, -0.15) is 0 Å². The summed E-state index contributed by atoms with van der Waals surface area (Å²) in [6.07, 6.45) is 0.872. The van der Waals surface area contributed by atoms with Crippen LogP contribution in [0.5, 0.6) is 0 Å². The number of benzene rings is 1. The van der Waals surface area contributed by atoms with Gasteiger partial charge in [-0.15, -0.1) is 11.3 Å². The number of halogens is 1. The molecule has 2 nitrogen and oxygen atoms in total. The number of rotatable bonds is 5. The van der Waals surface area contributed by atoms with Crippen molar-refractivity contribution in [2.24, 2.45) is 0 Å². The summed E-state index contributed by atoms with van der Waals surface area (Å²) >= 11 is 7.99. The van der Waals surface area contributed by atoms with E-state index in [1.54, 1.807) is 11.3 Å². The van der Waals surface area contributed by atoms with Crippen molar-refractivity contribution < 1.29 is 0 Å². The Morgan fingerprint density at radius 2 is 2.05 bits per heavy atom. The molecule has 114 valence electrons. The predicted octanol–water partition coefficient (Wildman–Crippen LogP) is 4.79. The van der Waals surface area contributed by atoms with Crippen molar-refractivity contribution in [2.75, 3.05) is 6.54 Å². The fourth-order valence-electron chi connectivity index (χ4n) is 2.04. The molecule has 0 saturated carbocycles. The van der Waals surface area contributed by atoms with Crippen LogP contribution in [0.4, 0.5) is 0 Å². The summed E-state index contributed by atoms with van der Waals surface area (Å²) in [6.45, 7) is 10.4. The fourth-order valence-corrected chi connectivity index (χ4v) is 3.28. The van der Waals surface area contributed by atoms with Crippen molar-refractivity contribution >= 4 is 22.9 Å². The Bertz CT molecular complexity index is 599. The first-order valence-corrected chi connectivity index (χ1v) is 8.59. The van der Waals surface area contributed by atoms with Crippen molar-refractivity contribution in [3.8, 4) is 0 Å². The zero-order chi connectivity index (χ0) is 15.5. The Balaban J connectivity index is 2.14. The van der Waals surface area contributed by atoms with Crippen LogP contribution in [-0.4, -0.2) is 11.5 Å². The van der Waals surface area contributed by atoms with E-state index in [2.05, 4.69) is 50.5 Å². The molecule has 0 bridgehead atoms. The van der Waals surface area contributed by atoms with Gasteiger partial charge in [-0.25, -0.2) is 4.98 Å². The highest BCUT2D eigenvalue weighted by Crippen LogP contribution is 2.26. The van der Waals surface area contributed by atoms with E-state index in [9.17, 15) is 0 Å². The third kappa shape index (κ3) is 4.53. The molecule has 21 heavy (non-hydrogen) atoms. The van der Waals surface area contributed by atoms with Crippen LogP contribution >= 0.6 is 22.9 Å². The highest BCUT2D eigenvalue weighted by molar-refractivity contribution is 7.09. The van der Waals surface area contributed by atoms with Gasteiger partial charge in [0.05, 0.1) is 10.7 Å². The van der Waals surface area contributed by atoms with Crippen LogP contribution in [0.15, 0.2) is 23.6 Å². The van der Waals surface area contributed by atoms with Crippen molar-refractivity contribution in [3.05, 3.63) is 50.4 Å². The highest BCUT2D eigenvalue weighted by Gasteiger charge is 2.17. The quantitative estimate of drug-likeness (QED) is 0.855. The molecule has 1 aromatic heterocycles. The van der Waals surface area contributed by atoms with Crippen molar-refractivity contribution in [3.63, 3.8) is 0 Å². The van der Waals surface area contributed by atoms with Crippen LogP contribution < -0.4 is 5.32 Å². The third-order valence-electron chi connectivity index (χ3n) is 3.35. The molecule has 2 rings (SSSR count). The molecule has 0 unspecified atom stereocenters. The largest absolute Gasteiger partial charge is 0.313 e. The van der Waals surface area contributed by atoms with Gasteiger partial charge in [-0.1, -0.05) is 51.4 Å². The zero-order valence-corrected chi connectivity index (χ0v) is 14.7. The monoisotopic (exact) mass is 322 g/mol. The summed E-state index contributed by atoms with van der Waals surface area (Å²) in [4.78, 5) is 4.76. The Hall–Kier alpha value is -0.900. The van der Waals surface area contributed by atoms with Gasteiger partial charge in [0.15, 0.2) is 0 Å². The van der Waals surface area contributed by atoms with Gasteiger partial charge in [-0.05, 0) is 23.7 Å². The topological polar surface area (TPSA) is 24.9 Å². The Labute approximate surface area is 136 Å². The van der Waals surface area contributed by atoms with E-state index in [-0.39, 0.29) is 5.41 Å². The molecule has 1 aromatic carbocycles. The lowest BCUT2D eigenvalue weighted by molar-refractivity contribution is 0.571. The molecule has 0 amide bonds. The second-order valence-electron chi connectivity index (χ2n) is 6.26. The first-order chi connectivity index (χ1) is 9.90. The number of nitrogens with zero attached hydrogens (tertiary/aromatic N) is 1. The first kappa shape index (κ1) is 16.5. The zero-order valence-electron chi connectivity index (χ0n) is 13.2. The second kappa shape index (κ2) is 6.91. The normalized spacial score (nSPS) is 11.9. The Morgan fingerprint density at radius 1 is 1.29 bits per heavy atom. The van der Waals surface area contributed by atoms with Gasteiger partial charge < -0.3 is 5.32 Å². The van der Waals surface area contributed by atoms with E-state index >= 15 is 0 Å². The molecule has 2 aromatic rings. The Morgan fingerprint density at radius 3 is 2.67 bits per heavy atom. The molecule has 0 fully saturated rings. The number of nitrogens with one attached hydrogen (secondary N) is 1. The third-order valence-corrected chi connectivity index (χ3v) is 4.57. The summed E-state index contributed by atoms with van der Waals surface area (Å²) in [7, 11) is 0. The standard InChI is InChI=1S/C17H23ClN2S/c1-5-19-10-13-8-12(6-7-14(13)18)9-16-20-15(11-21-16)17(2,3)4/h6-8,11,19H,5,9-10H2,1-4H3. The summed E-state index contributed by atoms with van der Waals surface area (Å²) in [5.74, 6) is 0. The minimum atomic E-state index is 0.116. The fraction of sp³-hybridized carbons (Fsp3) is 0.471. The van der Waals surface area contributed by atoms with Crippen molar-refractivity contribution in [2.45, 2.75) is 46.1 Å². The maximum Gasteiger partial charge on any atom is 0.0972 e. The van der Waals surface area contributed by atoms with Crippen LogP contribution in [0.25, 0.3) is 0 Å². The molecule has 0 aliphatic rings. The maximum absolute atomic E-state index is 6.25. The lowest BCUT2D eigenvalue weighted by Crippen LogP contribution is -2.12. The minimum absolute atomic E-state index is 0.116. The first-order valence-electron chi connectivity index (χ1n) is 7.33. The number of hydrogen-bond acceptors (Lipinski definition) is 3. The molecular formula is C17H23ClN2S. The maximum atomic E-state index is 6.25. The smallest absolute Gasteiger partial charge is 0.0972 e. The average Bonchev–Trinajstić information content (AvgIpc) is 2.88. The van der Waals surface area contributed by atoms with Gasteiger partial charge in [-0.3, -0.25) is 0 Å². The molecule has 1 N–H and O–H groups in total. The van der Waals surface area contributed by atoms with Gasteiger partial charge in [0.2, 0.25) is 0 Å². The molecule has 1 heterocycles. The van der Waals surface area contributed by atoms with E-state index in [0.717, 1.165) is 35.1 Å². The number of thiazole rings is 1. The summed E-state index contributed by atoms with van der Waals surface area (Å²) in [5.41, 5.74) is 3.71. The highest BCUT2D eigenvalue weighted by atomic mass is 35.5. The molecular weight excluding hydrogens is 300 g/mol. The van der Waals surface area contributed by atoms with Gasteiger partial charge in [0, 0.05) is 28.8 Å². The van der Waals surface area contributed by atoms with Crippen molar-refractivity contribution in [1.82, 2.24) is 10.3 Å². The average molecular weight is 323 g/mol. The molecule has 0 aliphatic heterocycles. The summed E-state index contributed by atoms with van der Waals surface area (Å²) in [6, 6.07) is 6.26. The molecule has 0 atom stereocenters. The van der Waals surface area contributed by atoms with Crippen LogP contribution in [0.1, 0.15) is 49.5 Å². The Kier molecular flexibility index (Phi) is 5.42. The van der Waals surface area contributed by atoms with Gasteiger partial charge >= 0.3 is 0 Å². The molecule has 0 radical (unpaired) electrons. The molecule has 0 saturated heterocycles. The predicted molar refractivity (Wildman–Crippen MR) is 92.5 cm³/mol. The summed E-state index contributed by atoms with van der Waals surface area (Å²) in [5, 5.41) is 7.49. The molecule has 0 aliphatic carbocycles. The summed E-state index contributed by atoms with van der Waals surface area (Å²) < 4.78 is 0. The van der Waals surface area contributed by atoms with Crippen molar-refractivity contribution in [1.29, 1.82) is 0 Å². The SMILES string of the molecule is CCNCc1cc(Cc2nc(C(C)(C)C)cs2)ccc1Cl. The van der Waals surface area contributed by atoms with E-state index < -0.39 is 0 Å². The number of hydrogen-bond donors (Lipinski definition) is 1. The number of aromatic nitrogens is 1.